The largest absolute Gasteiger partial charge is 0.318 e. The van der Waals surface area contributed by atoms with E-state index in [1.54, 1.807) is 41.9 Å². The molecule has 4 rings (SSSR count). The molecule has 2 N–H and O–H groups in total. The van der Waals surface area contributed by atoms with Crippen molar-refractivity contribution in [1.82, 2.24) is 19.7 Å². The molecule has 0 aliphatic heterocycles. The first kappa shape index (κ1) is 18.3. The van der Waals surface area contributed by atoms with Crippen molar-refractivity contribution in [2.75, 3.05) is 10.6 Å². The Balaban J connectivity index is 1.34. The molecule has 0 bridgehead atoms. The summed E-state index contributed by atoms with van der Waals surface area (Å²) in [5, 5.41) is 10.3. The molecule has 0 radical (unpaired) electrons. The summed E-state index contributed by atoms with van der Waals surface area (Å²) in [4.78, 5) is 34.2. The predicted octanol–water partition coefficient (Wildman–Crippen LogP) is 2.75. The number of hydrogen-bond acceptors (Lipinski definition) is 6. The highest BCUT2D eigenvalue weighted by Crippen LogP contribution is 2.32. The van der Waals surface area contributed by atoms with Gasteiger partial charge in [0.05, 0.1) is 17.6 Å². The Hall–Kier alpha value is -3.07. The van der Waals surface area contributed by atoms with Gasteiger partial charge in [-0.15, -0.1) is 11.3 Å². The first-order valence-electron chi connectivity index (χ1n) is 9.10. The van der Waals surface area contributed by atoms with Crippen LogP contribution in [-0.2, 0) is 24.2 Å². The van der Waals surface area contributed by atoms with Crippen molar-refractivity contribution < 1.29 is 9.59 Å². The molecule has 3 aromatic rings. The highest BCUT2D eigenvalue weighted by molar-refractivity contribution is 7.15. The normalized spacial score (nSPS) is 15.7. The third-order valence-electron chi connectivity index (χ3n) is 4.53. The van der Waals surface area contributed by atoms with Gasteiger partial charge in [-0.25, -0.2) is 4.98 Å². The molecule has 2 amide bonds. The van der Waals surface area contributed by atoms with E-state index in [4.69, 9.17) is 0 Å². The third kappa shape index (κ3) is 4.25. The lowest BCUT2D eigenvalue weighted by Crippen LogP contribution is -2.19. The molecular formula is C19H20N6O2S. The second-order valence-corrected chi connectivity index (χ2v) is 7.96. The number of fused-ring (bicyclic) bond motifs is 1. The Morgan fingerprint density at radius 2 is 2.21 bits per heavy atom. The quantitative estimate of drug-likeness (QED) is 0.690. The van der Waals surface area contributed by atoms with Crippen molar-refractivity contribution in [3.63, 3.8) is 0 Å². The van der Waals surface area contributed by atoms with Gasteiger partial charge in [-0.1, -0.05) is 13.0 Å². The highest BCUT2D eigenvalue weighted by atomic mass is 32.1. The number of thiazole rings is 1. The number of rotatable bonds is 5. The molecule has 1 aliphatic carbocycles. The van der Waals surface area contributed by atoms with E-state index in [0.717, 1.165) is 25.0 Å². The lowest BCUT2D eigenvalue weighted by atomic mass is 9.93. The number of nitrogens with zero attached hydrogens (tertiary/aromatic N) is 4. The average molecular weight is 396 g/mol. The molecule has 1 unspecified atom stereocenters. The number of anilines is 2. The fraction of sp³-hybridized carbons (Fsp3) is 0.316. The molecule has 1 atom stereocenters. The summed E-state index contributed by atoms with van der Waals surface area (Å²) in [6.45, 7) is 2.28. The maximum absolute atomic E-state index is 12.3. The van der Waals surface area contributed by atoms with Crippen LogP contribution < -0.4 is 10.6 Å². The third-order valence-corrected chi connectivity index (χ3v) is 5.56. The zero-order chi connectivity index (χ0) is 19.5. The summed E-state index contributed by atoms with van der Waals surface area (Å²) < 4.78 is 1.47. The van der Waals surface area contributed by atoms with Crippen molar-refractivity contribution in [1.29, 1.82) is 0 Å². The van der Waals surface area contributed by atoms with Crippen LogP contribution in [0.5, 0.6) is 0 Å². The van der Waals surface area contributed by atoms with E-state index in [1.807, 2.05) is 0 Å². The first-order valence-corrected chi connectivity index (χ1v) is 9.92. The fourth-order valence-electron chi connectivity index (χ4n) is 3.11. The van der Waals surface area contributed by atoms with Crippen LogP contribution in [-0.4, -0.2) is 31.6 Å². The van der Waals surface area contributed by atoms with E-state index in [1.165, 1.54) is 15.8 Å². The number of carbonyl (C=O) groups excluding carboxylic acids is 2. The van der Waals surface area contributed by atoms with E-state index in [-0.39, 0.29) is 18.4 Å². The summed E-state index contributed by atoms with van der Waals surface area (Å²) in [5.41, 5.74) is 1.93. The monoisotopic (exact) mass is 396 g/mol. The molecule has 0 fully saturated rings. The zero-order valence-corrected chi connectivity index (χ0v) is 16.2. The Morgan fingerprint density at radius 1 is 1.32 bits per heavy atom. The Labute approximate surface area is 166 Å². The molecule has 0 aromatic carbocycles. The van der Waals surface area contributed by atoms with Gasteiger partial charge in [0, 0.05) is 17.3 Å². The fourth-order valence-corrected chi connectivity index (χ4v) is 4.29. The minimum Gasteiger partial charge on any atom is -0.318 e. The zero-order valence-electron chi connectivity index (χ0n) is 15.4. The number of carbonyl (C=O) groups is 2. The van der Waals surface area contributed by atoms with Gasteiger partial charge in [0.25, 0.3) is 5.91 Å². The predicted molar refractivity (Wildman–Crippen MR) is 106 cm³/mol. The van der Waals surface area contributed by atoms with Gasteiger partial charge < -0.3 is 10.6 Å². The molecule has 28 heavy (non-hydrogen) atoms. The number of pyridine rings is 1. The summed E-state index contributed by atoms with van der Waals surface area (Å²) in [7, 11) is 0. The first-order chi connectivity index (χ1) is 13.6. The standard InChI is InChI=1S/C19H20N6O2S/c1-12-5-6-14-16(8-12)28-19(23-14)24-17(26)11-25-10-13(9-21-25)22-18(27)15-4-2-3-7-20-15/h2-4,7,9-10,12H,5-6,8,11H2,1H3,(H,22,27)(H,23,24,26). The Kier molecular flexibility index (Phi) is 5.16. The van der Waals surface area contributed by atoms with Crippen LogP contribution >= 0.6 is 11.3 Å². The lowest BCUT2D eigenvalue weighted by molar-refractivity contribution is -0.116. The van der Waals surface area contributed by atoms with E-state index < -0.39 is 0 Å². The summed E-state index contributed by atoms with van der Waals surface area (Å²) >= 11 is 1.55. The molecule has 0 spiro atoms. The van der Waals surface area contributed by atoms with Crippen molar-refractivity contribution in [2.24, 2.45) is 5.92 Å². The number of nitrogens with one attached hydrogen (secondary N) is 2. The van der Waals surface area contributed by atoms with Gasteiger partial charge >= 0.3 is 0 Å². The lowest BCUT2D eigenvalue weighted by Gasteiger charge is -2.15. The SMILES string of the molecule is CC1CCc2nc(NC(=O)Cn3cc(NC(=O)c4ccccn4)cn3)sc2C1. The van der Waals surface area contributed by atoms with Crippen LogP contribution in [0.4, 0.5) is 10.8 Å². The smallest absolute Gasteiger partial charge is 0.274 e. The van der Waals surface area contributed by atoms with Gasteiger partial charge in [-0.3, -0.25) is 19.3 Å². The number of amides is 2. The molecule has 8 nitrogen and oxygen atoms in total. The van der Waals surface area contributed by atoms with E-state index in [9.17, 15) is 9.59 Å². The van der Waals surface area contributed by atoms with Crippen molar-refractivity contribution in [3.05, 3.63) is 53.1 Å². The van der Waals surface area contributed by atoms with E-state index >= 15 is 0 Å². The molecule has 0 saturated heterocycles. The summed E-state index contributed by atoms with van der Waals surface area (Å²) in [6, 6.07) is 5.11. The van der Waals surface area contributed by atoms with Crippen LogP contribution in [0, 0.1) is 5.92 Å². The molecule has 3 heterocycles. The summed E-state index contributed by atoms with van der Waals surface area (Å²) in [6.07, 6.45) is 7.81. The second kappa shape index (κ2) is 7.89. The maximum atomic E-state index is 12.3. The number of aryl methyl sites for hydroxylation is 1. The minimum atomic E-state index is -0.327. The molecule has 9 heteroatoms. The van der Waals surface area contributed by atoms with E-state index in [0.29, 0.717) is 22.4 Å². The Bertz CT molecular complexity index is 997. The molecule has 1 aliphatic rings. The van der Waals surface area contributed by atoms with Crippen molar-refractivity contribution in [3.8, 4) is 0 Å². The van der Waals surface area contributed by atoms with Gasteiger partial charge in [0.2, 0.25) is 5.91 Å². The maximum Gasteiger partial charge on any atom is 0.274 e. The summed E-state index contributed by atoms with van der Waals surface area (Å²) in [5.74, 6) is 0.136. The average Bonchev–Trinajstić information content (AvgIpc) is 3.28. The van der Waals surface area contributed by atoms with Crippen LogP contribution in [0.2, 0.25) is 0 Å². The molecule has 3 aromatic heterocycles. The van der Waals surface area contributed by atoms with Crippen LogP contribution in [0.25, 0.3) is 0 Å². The molecule has 144 valence electrons. The topological polar surface area (TPSA) is 102 Å². The van der Waals surface area contributed by atoms with Crippen molar-refractivity contribution >= 4 is 34.0 Å². The molecular weight excluding hydrogens is 376 g/mol. The highest BCUT2D eigenvalue weighted by Gasteiger charge is 2.20. The van der Waals surface area contributed by atoms with E-state index in [2.05, 4.69) is 32.6 Å². The molecule has 0 saturated carbocycles. The Morgan fingerprint density at radius 3 is 3.04 bits per heavy atom. The van der Waals surface area contributed by atoms with Gasteiger partial charge in [0.15, 0.2) is 5.13 Å². The van der Waals surface area contributed by atoms with Crippen LogP contribution in [0.15, 0.2) is 36.8 Å². The van der Waals surface area contributed by atoms with Gasteiger partial charge in [0.1, 0.15) is 12.2 Å². The van der Waals surface area contributed by atoms with Crippen LogP contribution in [0.3, 0.4) is 0 Å². The van der Waals surface area contributed by atoms with Crippen LogP contribution in [0.1, 0.15) is 34.4 Å². The minimum absolute atomic E-state index is 0.0418. The van der Waals surface area contributed by atoms with Crippen molar-refractivity contribution in [2.45, 2.75) is 32.7 Å². The van der Waals surface area contributed by atoms with Gasteiger partial charge in [-0.2, -0.15) is 5.10 Å². The number of aromatic nitrogens is 4. The number of hydrogen-bond donors (Lipinski definition) is 2. The second-order valence-electron chi connectivity index (χ2n) is 6.88. The van der Waals surface area contributed by atoms with Gasteiger partial charge in [-0.05, 0) is 37.3 Å².